The van der Waals surface area contributed by atoms with Gasteiger partial charge in [-0.2, -0.15) is 0 Å². The lowest BCUT2D eigenvalue weighted by Crippen LogP contribution is -2.48. The molecule has 0 radical (unpaired) electrons. The van der Waals surface area contributed by atoms with Crippen molar-refractivity contribution in [3.63, 3.8) is 0 Å². The van der Waals surface area contributed by atoms with Gasteiger partial charge in [0.15, 0.2) is 17.5 Å². The van der Waals surface area contributed by atoms with Gasteiger partial charge in [-0.25, -0.2) is 0 Å². The predicted octanol–water partition coefficient (Wildman–Crippen LogP) is 3.46. The van der Waals surface area contributed by atoms with Gasteiger partial charge >= 0.3 is 0 Å². The van der Waals surface area contributed by atoms with E-state index in [1.807, 2.05) is 6.07 Å². The molecule has 0 bridgehead atoms. The Hall–Kier alpha value is -1.18. The summed E-state index contributed by atoms with van der Waals surface area (Å²) in [6.07, 6.45) is 7.39. The first-order chi connectivity index (χ1) is 11.8. The van der Waals surface area contributed by atoms with Gasteiger partial charge in [-0.3, -0.25) is 4.99 Å². The SMILES string of the molecule is COc1ccc(C2(CNC3=NCCCN3)CCCCC2)cc1OC.I. The van der Waals surface area contributed by atoms with Crippen LogP contribution in [-0.2, 0) is 5.41 Å². The van der Waals surface area contributed by atoms with Gasteiger partial charge in [-0.05, 0) is 37.0 Å². The summed E-state index contributed by atoms with van der Waals surface area (Å²) in [5.41, 5.74) is 1.48. The zero-order valence-corrected chi connectivity index (χ0v) is 17.6. The minimum atomic E-state index is 0. The Morgan fingerprint density at radius 3 is 2.48 bits per heavy atom. The van der Waals surface area contributed by atoms with Crippen molar-refractivity contribution in [2.24, 2.45) is 4.99 Å². The highest BCUT2D eigenvalue weighted by Crippen LogP contribution is 2.42. The molecular weight excluding hydrogens is 429 g/mol. The van der Waals surface area contributed by atoms with Gasteiger partial charge in [0.05, 0.1) is 14.2 Å². The van der Waals surface area contributed by atoms with E-state index in [1.54, 1.807) is 14.2 Å². The summed E-state index contributed by atoms with van der Waals surface area (Å²) in [5, 5.41) is 6.93. The van der Waals surface area contributed by atoms with E-state index in [2.05, 4.69) is 27.8 Å². The van der Waals surface area contributed by atoms with Crippen molar-refractivity contribution >= 4 is 29.9 Å². The molecule has 1 aliphatic heterocycles. The third-order valence-corrected chi connectivity index (χ3v) is 5.30. The van der Waals surface area contributed by atoms with Crippen molar-refractivity contribution in [1.29, 1.82) is 0 Å². The zero-order chi connectivity index (χ0) is 16.8. The molecule has 0 amide bonds. The van der Waals surface area contributed by atoms with E-state index in [4.69, 9.17) is 9.47 Å². The summed E-state index contributed by atoms with van der Waals surface area (Å²) in [4.78, 5) is 4.55. The van der Waals surface area contributed by atoms with Crippen LogP contribution in [0.4, 0.5) is 0 Å². The number of hydrogen-bond donors (Lipinski definition) is 2. The van der Waals surface area contributed by atoms with Gasteiger partial charge in [0.2, 0.25) is 0 Å². The molecule has 1 heterocycles. The van der Waals surface area contributed by atoms with Crippen LogP contribution in [0.3, 0.4) is 0 Å². The molecule has 3 rings (SSSR count). The van der Waals surface area contributed by atoms with Gasteiger partial charge in [0.25, 0.3) is 0 Å². The highest BCUT2D eigenvalue weighted by molar-refractivity contribution is 14.0. The number of benzene rings is 1. The molecule has 0 atom stereocenters. The second-order valence-corrected chi connectivity index (χ2v) is 6.77. The van der Waals surface area contributed by atoms with Crippen molar-refractivity contribution in [1.82, 2.24) is 10.6 Å². The molecule has 0 spiro atoms. The maximum Gasteiger partial charge on any atom is 0.191 e. The smallest absolute Gasteiger partial charge is 0.191 e. The van der Waals surface area contributed by atoms with Crippen molar-refractivity contribution < 1.29 is 9.47 Å². The summed E-state index contributed by atoms with van der Waals surface area (Å²) >= 11 is 0. The molecule has 0 unspecified atom stereocenters. The summed E-state index contributed by atoms with van der Waals surface area (Å²) in [6.45, 7) is 2.84. The lowest BCUT2D eigenvalue weighted by atomic mass is 9.69. The van der Waals surface area contributed by atoms with Crippen LogP contribution in [0.25, 0.3) is 0 Å². The molecule has 1 aromatic carbocycles. The Balaban J connectivity index is 0.00000225. The lowest BCUT2D eigenvalue weighted by molar-refractivity contribution is 0.288. The molecule has 1 fully saturated rings. The molecule has 1 saturated carbocycles. The Morgan fingerprint density at radius 1 is 1.08 bits per heavy atom. The standard InChI is InChI=1S/C19H29N3O2.HI/c1-23-16-8-7-15(13-17(16)24-2)19(9-4-3-5-10-19)14-22-18-20-11-6-12-21-18;/h7-8,13H,3-6,9-12,14H2,1-2H3,(H2,20,21,22);1H. The van der Waals surface area contributed by atoms with Crippen LogP contribution in [0, 0.1) is 0 Å². The zero-order valence-electron chi connectivity index (χ0n) is 15.3. The number of nitrogens with zero attached hydrogens (tertiary/aromatic N) is 1. The van der Waals surface area contributed by atoms with Crippen LogP contribution < -0.4 is 20.1 Å². The van der Waals surface area contributed by atoms with Gasteiger partial charge in [-0.1, -0.05) is 25.3 Å². The summed E-state index contributed by atoms with van der Waals surface area (Å²) in [5.74, 6) is 2.55. The number of ether oxygens (including phenoxy) is 2. The number of nitrogens with one attached hydrogen (secondary N) is 2. The monoisotopic (exact) mass is 459 g/mol. The van der Waals surface area contributed by atoms with Crippen molar-refractivity contribution in [2.75, 3.05) is 33.9 Å². The third-order valence-electron chi connectivity index (χ3n) is 5.30. The van der Waals surface area contributed by atoms with Gasteiger partial charge in [0, 0.05) is 25.0 Å². The van der Waals surface area contributed by atoms with Crippen LogP contribution in [0.1, 0.15) is 44.1 Å². The maximum absolute atomic E-state index is 5.53. The highest BCUT2D eigenvalue weighted by Gasteiger charge is 2.34. The van der Waals surface area contributed by atoms with Crippen LogP contribution in [0.2, 0.25) is 0 Å². The van der Waals surface area contributed by atoms with E-state index in [1.165, 1.54) is 37.7 Å². The molecule has 1 aromatic rings. The summed E-state index contributed by atoms with van der Waals surface area (Å²) in [7, 11) is 3.39. The fourth-order valence-corrected chi connectivity index (χ4v) is 3.87. The largest absolute Gasteiger partial charge is 0.493 e. The quantitative estimate of drug-likeness (QED) is 0.663. The van der Waals surface area contributed by atoms with E-state index in [0.717, 1.165) is 43.5 Å². The van der Waals surface area contributed by atoms with Crippen molar-refractivity contribution in [3.8, 4) is 11.5 Å². The minimum absolute atomic E-state index is 0. The first-order valence-electron chi connectivity index (χ1n) is 9.02. The first-order valence-corrected chi connectivity index (χ1v) is 9.02. The highest BCUT2D eigenvalue weighted by atomic mass is 127. The van der Waals surface area contributed by atoms with Crippen molar-refractivity contribution in [3.05, 3.63) is 23.8 Å². The second-order valence-electron chi connectivity index (χ2n) is 6.77. The van der Waals surface area contributed by atoms with Gasteiger partial charge in [0.1, 0.15) is 0 Å². The average molecular weight is 459 g/mol. The number of aliphatic imine (C=N–C) groups is 1. The van der Waals surface area contributed by atoms with E-state index >= 15 is 0 Å². The van der Waals surface area contributed by atoms with Crippen LogP contribution in [0.5, 0.6) is 11.5 Å². The topological polar surface area (TPSA) is 54.9 Å². The molecule has 1 aliphatic carbocycles. The number of methoxy groups -OCH3 is 2. The molecule has 0 aromatic heterocycles. The molecule has 25 heavy (non-hydrogen) atoms. The second kappa shape index (κ2) is 9.50. The molecule has 140 valence electrons. The van der Waals surface area contributed by atoms with Crippen molar-refractivity contribution in [2.45, 2.75) is 43.9 Å². The number of rotatable bonds is 5. The molecule has 2 aliphatic rings. The lowest BCUT2D eigenvalue weighted by Gasteiger charge is -2.39. The normalized spacial score (nSPS) is 19.0. The van der Waals surface area contributed by atoms with Crippen LogP contribution in [-0.4, -0.2) is 39.8 Å². The minimum Gasteiger partial charge on any atom is -0.493 e. The third kappa shape index (κ3) is 4.71. The van der Waals surface area contributed by atoms with E-state index in [-0.39, 0.29) is 29.4 Å². The van der Waals surface area contributed by atoms with E-state index in [0.29, 0.717) is 0 Å². The molecule has 2 N–H and O–H groups in total. The predicted molar refractivity (Wildman–Crippen MR) is 113 cm³/mol. The number of guanidine groups is 1. The Labute approximate surface area is 168 Å². The Kier molecular flexibility index (Phi) is 7.65. The Morgan fingerprint density at radius 2 is 1.84 bits per heavy atom. The van der Waals surface area contributed by atoms with E-state index < -0.39 is 0 Å². The summed E-state index contributed by atoms with van der Waals surface area (Å²) in [6, 6.07) is 6.38. The summed E-state index contributed by atoms with van der Waals surface area (Å²) < 4.78 is 10.9. The van der Waals surface area contributed by atoms with Gasteiger partial charge < -0.3 is 20.1 Å². The molecule has 6 heteroatoms. The molecule has 5 nitrogen and oxygen atoms in total. The average Bonchev–Trinajstić information content (AvgIpc) is 2.67. The molecule has 0 saturated heterocycles. The maximum atomic E-state index is 5.53. The van der Waals surface area contributed by atoms with E-state index in [9.17, 15) is 0 Å². The van der Waals surface area contributed by atoms with Crippen LogP contribution in [0.15, 0.2) is 23.2 Å². The fraction of sp³-hybridized carbons (Fsp3) is 0.632. The molecular formula is C19H30IN3O2. The van der Waals surface area contributed by atoms with Gasteiger partial charge in [-0.15, -0.1) is 24.0 Å². The fourth-order valence-electron chi connectivity index (χ4n) is 3.87. The number of hydrogen-bond acceptors (Lipinski definition) is 5. The van der Waals surface area contributed by atoms with Crippen LogP contribution >= 0.6 is 24.0 Å². The first kappa shape index (κ1) is 20.1. The number of halogens is 1. The Bertz CT molecular complexity index is 586.